The molecule has 0 radical (unpaired) electrons. The first kappa shape index (κ1) is 22.7. The van der Waals surface area contributed by atoms with Gasteiger partial charge >= 0.3 is 0 Å². The number of carbonyl (C=O) groups is 2. The molecule has 4 rings (SSSR count). The van der Waals surface area contributed by atoms with Crippen LogP contribution < -0.4 is 0 Å². The highest BCUT2D eigenvalue weighted by Gasteiger charge is 2.32. The van der Waals surface area contributed by atoms with Gasteiger partial charge in [0.2, 0.25) is 5.91 Å². The molecule has 0 bridgehead atoms. The van der Waals surface area contributed by atoms with E-state index >= 15 is 0 Å². The van der Waals surface area contributed by atoms with Crippen molar-refractivity contribution in [3.63, 3.8) is 0 Å². The summed E-state index contributed by atoms with van der Waals surface area (Å²) < 4.78 is 15.9. The van der Waals surface area contributed by atoms with E-state index in [9.17, 15) is 14.0 Å². The Morgan fingerprint density at radius 3 is 2.52 bits per heavy atom. The number of aryl methyl sites for hydroxylation is 1. The zero-order valence-electron chi connectivity index (χ0n) is 19.1. The first-order valence-corrected chi connectivity index (χ1v) is 11.4. The van der Waals surface area contributed by atoms with E-state index in [0.29, 0.717) is 50.4 Å². The third kappa shape index (κ3) is 4.82. The van der Waals surface area contributed by atoms with Crippen molar-refractivity contribution >= 4 is 11.8 Å². The quantitative estimate of drug-likeness (QED) is 0.575. The van der Waals surface area contributed by atoms with E-state index in [1.54, 1.807) is 29.6 Å². The molecule has 0 spiro atoms. The smallest absolute Gasteiger partial charge is 0.272 e. The van der Waals surface area contributed by atoms with Gasteiger partial charge in [0.05, 0.1) is 18.4 Å². The van der Waals surface area contributed by atoms with E-state index in [0.717, 1.165) is 11.1 Å². The maximum atomic E-state index is 14.1. The highest BCUT2D eigenvalue weighted by atomic mass is 19.1. The molecular weight excluding hydrogens is 419 g/mol. The first-order valence-electron chi connectivity index (χ1n) is 11.4. The number of rotatable bonds is 6. The second kappa shape index (κ2) is 9.98. The van der Waals surface area contributed by atoms with Gasteiger partial charge in [0.25, 0.3) is 5.91 Å². The van der Waals surface area contributed by atoms with Crippen LogP contribution in [-0.4, -0.2) is 57.3 Å². The Morgan fingerprint density at radius 2 is 1.82 bits per heavy atom. The molecule has 172 valence electrons. The van der Waals surface area contributed by atoms with Crippen LogP contribution in [0, 0.1) is 11.7 Å². The van der Waals surface area contributed by atoms with Gasteiger partial charge in [0.1, 0.15) is 11.5 Å². The summed E-state index contributed by atoms with van der Waals surface area (Å²) in [4.78, 5) is 34.1. The van der Waals surface area contributed by atoms with Crippen LogP contribution in [0.15, 0.2) is 61.1 Å². The standard InChI is InChI=1S/C26H29FN4O2/c1-3-29-13-14-31(26(33)24-16-28-18-30(24)4-2)17-21(25(29)32)15-19-9-11-20(12-10-19)22-7-5-6-8-23(22)27/h5-12,16,18,21H,3-4,13-15,17H2,1-2H3/t21-/m0/s1. The Bertz CT molecular complexity index is 1130. The Labute approximate surface area is 193 Å². The molecule has 1 atom stereocenters. The van der Waals surface area contributed by atoms with Gasteiger partial charge in [-0.1, -0.05) is 42.5 Å². The zero-order chi connectivity index (χ0) is 23.4. The molecule has 1 fully saturated rings. The fourth-order valence-electron chi connectivity index (χ4n) is 4.41. The van der Waals surface area contributed by atoms with E-state index in [-0.39, 0.29) is 23.5 Å². The maximum Gasteiger partial charge on any atom is 0.272 e. The zero-order valence-corrected chi connectivity index (χ0v) is 19.1. The fourth-order valence-corrected chi connectivity index (χ4v) is 4.41. The van der Waals surface area contributed by atoms with Gasteiger partial charge in [-0.15, -0.1) is 0 Å². The van der Waals surface area contributed by atoms with E-state index in [1.165, 1.54) is 6.07 Å². The predicted molar refractivity (Wildman–Crippen MR) is 125 cm³/mol. The van der Waals surface area contributed by atoms with Crippen molar-refractivity contribution in [2.75, 3.05) is 26.2 Å². The average Bonchev–Trinajstić information content (AvgIpc) is 3.26. The first-order chi connectivity index (χ1) is 16.0. The number of imidazole rings is 1. The molecule has 0 unspecified atom stereocenters. The second-order valence-electron chi connectivity index (χ2n) is 8.31. The van der Waals surface area contributed by atoms with Crippen LogP contribution in [0.2, 0.25) is 0 Å². The Balaban J connectivity index is 1.55. The molecule has 7 heteroatoms. The minimum absolute atomic E-state index is 0.0648. The molecule has 0 N–H and O–H groups in total. The van der Waals surface area contributed by atoms with Gasteiger partial charge in [-0.25, -0.2) is 9.37 Å². The summed E-state index contributed by atoms with van der Waals surface area (Å²) in [6.07, 6.45) is 3.76. The van der Waals surface area contributed by atoms with E-state index < -0.39 is 0 Å². The average molecular weight is 449 g/mol. The number of benzene rings is 2. The van der Waals surface area contributed by atoms with Gasteiger partial charge in [-0.2, -0.15) is 0 Å². The maximum absolute atomic E-state index is 14.1. The topological polar surface area (TPSA) is 58.4 Å². The normalized spacial score (nSPS) is 16.7. The minimum atomic E-state index is -0.339. The third-order valence-corrected chi connectivity index (χ3v) is 6.30. The van der Waals surface area contributed by atoms with Crippen LogP contribution in [-0.2, 0) is 17.8 Å². The number of aromatic nitrogens is 2. The van der Waals surface area contributed by atoms with Gasteiger partial charge in [0.15, 0.2) is 0 Å². The van der Waals surface area contributed by atoms with Crippen molar-refractivity contribution in [2.24, 2.45) is 5.92 Å². The highest BCUT2D eigenvalue weighted by molar-refractivity contribution is 5.93. The van der Waals surface area contributed by atoms with Crippen molar-refractivity contribution in [1.82, 2.24) is 19.4 Å². The summed E-state index contributed by atoms with van der Waals surface area (Å²) in [5.41, 5.74) is 2.88. The molecule has 2 aromatic carbocycles. The van der Waals surface area contributed by atoms with E-state index in [4.69, 9.17) is 0 Å². The summed E-state index contributed by atoms with van der Waals surface area (Å²) in [5.74, 6) is -0.632. The lowest BCUT2D eigenvalue weighted by molar-refractivity contribution is -0.134. The van der Waals surface area contributed by atoms with Crippen molar-refractivity contribution in [3.05, 3.63) is 78.1 Å². The molecule has 6 nitrogen and oxygen atoms in total. The SMILES string of the molecule is CCN1CCN(C(=O)c2cncn2CC)C[C@H](Cc2ccc(-c3ccccc3F)cc2)C1=O. The number of amides is 2. The summed E-state index contributed by atoms with van der Waals surface area (Å²) in [6.45, 7) is 6.57. The lowest BCUT2D eigenvalue weighted by atomic mass is 9.95. The van der Waals surface area contributed by atoms with Gasteiger partial charge < -0.3 is 14.4 Å². The largest absolute Gasteiger partial charge is 0.341 e. The number of carbonyl (C=O) groups excluding carboxylic acids is 2. The lowest BCUT2D eigenvalue weighted by Gasteiger charge is -2.24. The molecule has 0 aliphatic carbocycles. The van der Waals surface area contributed by atoms with Gasteiger partial charge in [0, 0.05) is 38.3 Å². The van der Waals surface area contributed by atoms with Crippen molar-refractivity contribution in [2.45, 2.75) is 26.8 Å². The molecular formula is C26H29FN4O2. The molecule has 1 aliphatic rings. The van der Waals surface area contributed by atoms with Crippen LogP contribution in [0.1, 0.15) is 29.9 Å². The van der Waals surface area contributed by atoms with Crippen molar-refractivity contribution in [3.8, 4) is 11.1 Å². The highest BCUT2D eigenvalue weighted by Crippen LogP contribution is 2.25. The van der Waals surface area contributed by atoms with Crippen molar-refractivity contribution < 1.29 is 14.0 Å². The van der Waals surface area contributed by atoms with Gasteiger partial charge in [-0.05, 0) is 37.5 Å². The predicted octanol–water partition coefficient (Wildman–Crippen LogP) is 3.87. The number of halogens is 1. The lowest BCUT2D eigenvalue weighted by Crippen LogP contribution is -2.38. The van der Waals surface area contributed by atoms with Crippen LogP contribution >= 0.6 is 0 Å². The van der Waals surface area contributed by atoms with Gasteiger partial charge in [-0.3, -0.25) is 9.59 Å². The number of likely N-dealkylation sites (N-methyl/N-ethyl adjacent to an activating group) is 1. The monoisotopic (exact) mass is 448 g/mol. The molecule has 0 saturated carbocycles. The van der Waals surface area contributed by atoms with Crippen LogP contribution in [0.4, 0.5) is 4.39 Å². The van der Waals surface area contributed by atoms with E-state index in [1.807, 2.05) is 53.6 Å². The van der Waals surface area contributed by atoms with Crippen molar-refractivity contribution in [1.29, 1.82) is 0 Å². The molecule has 33 heavy (non-hydrogen) atoms. The molecule has 2 amide bonds. The van der Waals surface area contributed by atoms with Crippen LogP contribution in [0.25, 0.3) is 11.1 Å². The van der Waals surface area contributed by atoms with Crippen LogP contribution in [0.3, 0.4) is 0 Å². The number of nitrogens with zero attached hydrogens (tertiary/aromatic N) is 4. The summed E-state index contributed by atoms with van der Waals surface area (Å²) >= 11 is 0. The molecule has 2 heterocycles. The Hall–Kier alpha value is -3.48. The van der Waals surface area contributed by atoms with E-state index in [2.05, 4.69) is 4.98 Å². The molecule has 3 aromatic rings. The third-order valence-electron chi connectivity index (χ3n) is 6.30. The summed E-state index contributed by atoms with van der Waals surface area (Å²) in [6, 6.07) is 14.3. The minimum Gasteiger partial charge on any atom is -0.341 e. The second-order valence-corrected chi connectivity index (χ2v) is 8.31. The molecule has 1 saturated heterocycles. The summed E-state index contributed by atoms with van der Waals surface area (Å²) in [5, 5.41) is 0. The Morgan fingerprint density at radius 1 is 1.06 bits per heavy atom. The fraction of sp³-hybridized carbons (Fsp3) is 0.346. The number of hydrogen-bond donors (Lipinski definition) is 0. The Kier molecular flexibility index (Phi) is 6.87. The number of hydrogen-bond acceptors (Lipinski definition) is 3. The van der Waals surface area contributed by atoms with Crippen LogP contribution in [0.5, 0.6) is 0 Å². The molecule has 1 aliphatic heterocycles. The summed E-state index contributed by atoms with van der Waals surface area (Å²) in [7, 11) is 0. The molecule has 1 aromatic heterocycles.